The lowest BCUT2D eigenvalue weighted by Gasteiger charge is -2.20. The molecule has 1 unspecified atom stereocenters. The summed E-state index contributed by atoms with van der Waals surface area (Å²) in [5, 5.41) is 0. The zero-order chi connectivity index (χ0) is 10.6. The summed E-state index contributed by atoms with van der Waals surface area (Å²) in [7, 11) is 1.50. The highest BCUT2D eigenvalue weighted by Gasteiger charge is 2.23. The predicted molar refractivity (Wildman–Crippen MR) is 53.4 cm³/mol. The lowest BCUT2D eigenvalue weighted by atomic mass is 10.0. The Bertz CT molecular complexity index is 300. The van der Waals surface area contributed by atoms with Crippen LogP contribution in [0.1, 0.15) is 11.7 Å². The molecule has 0 saturated carbocycles. The normalized spacial score (nSPS) is 14.7. The molecule has 1 aromatic carbocycles. The number of primary amides is 1. The SMILES string of the molecule is COC(c1ccccc1)[C@H](N)C(N)=O. The molecule has 2 atom stereocenters. The summed E-state index contributed by atoms with van der Waals surface area (Å²) in [5.74, 6) is -0.569. The highest BCUT2D eigenvalue weighted by Crippen LogP contribution is 2.18. The number of benzene rings is 1. The second-order valence-corrected chi connectivity index (χ2v) is 3.00. The van der Waals surface area contributed by atoms with Crippen LogP contribution in [-0.2, 0) is 9.53 Å². The van der Waals surface area contributed by atoms with Crippen LogP contribution in [0.4, 0.5) is 0 Å². The average Bonchev–Trinajstić information content (AvgIpc) is 2.20. The van der Waals surface area contributed by atoms with Gasteiger partial charge in [-0.2, -0.15) is 0 Å². The van der Waals surface area contributed by atoms with Crippen molar-refractivity contribution in [3.05, 3.63) is 35.9 Å². The average molecular weight is 194 g/mol. The van der Waals surface area contributed by atoms with Crippen molar-refractivity contribution in [3.8, 4) is 0 Å². The Morgan fingerprint density at radius 1 is 1.36 bits per heavy atom. The molecule has 0 heterocycles. The van der Waals surface area contributed by atoms with Crippen LogP contribution >= 0.6 is 0 Å². The van der Waals surface area contributed by atoms with Gasteiger partial charge in [0.1, 0.15) is 12.1 Å². The van der Waals surface area contributed by atoms with E-state index < -0.39 is 18.1 Å². The van der Waals surface area contributed by atoms with Crippen LogP contribution in [0.15, 0.2) is 30.3 Å². The standard InChI is InChI=1S/C10H14N2O2/c1-14-9(8(11)10(12)13)7-5-3-2-4-6-7/h2-6,8-9H,11H2,1H3,(H2,12,13)/t8-,9?/m0/s1. The fourth-order valence-corrected chi connectivity index (χ4v) is 1.28. The number of nitrogens with two attached hydrogens (primary N) is 2. The van der Waals surface area contributed by atoms with E-state index in [4.69, 9.17) is 16.2 Å². The van der Waals surface area contributed by atoms with Gasteiger partial charge in [-0.15, -0.1) is 0 Å². The number of carbonyl (C=O) groups excluding carboxylic acids is 1. The van der Waals surface area contributed by atoms with Gasteiger partial charge < -0.3 is 16.2 Å². The summed E-state index contributed by atoms with van der Waals surface area (Å²) < 4.78 is 5.13. The van der Waals surface area contributed by atoms with Crippen molar-refractivity contribution in [2.24, 2.45) is 11.5 Å². The van der Waals surface area contributed by atoms with Gasteiger partial charge in [0.05, 0.1) is 0 Å². The second-order valence-electron chi connectivity index (χ2n) is 3.00. The zero-order valence-electron chi connectivity index (χ0n) is 8.01. The van der Waals surface area contributed by atoms with E-state index in [2.05, 4.69) is 0 Å². The Morgan fingerprint density at radius 2 is 1.93 bits per heavy atom. The molecule has 0 aliphatic carbocycles. The molecule has 14 heavy (non-hydrogen) atoms. The summed E-state index contributed by atoms with van der Waals surface area (Å²) in [5.41, 5.74) is 11.6. The second kappa shape index (κ2) is 4.74. The fourth-order valence-electron chi connectivity index (χ4n) is 1.28. The van der Waals surface area contributed by atoms with E-state index in [0.29, 0.717) is 0 Å². The summed E-state index contributed by atoms with van der Waals surface area (Å²) >= 11 is 0. The van der Waals surface area contributed by atoms with E-state index in [9.17, 15) is 4.79 Å². The minimum atomic E-state index is -0.817. The van der Waals surface area contributed by atoms with Gasteiger partial charge in [0, 0.05) is 7.11 Å². The molecule has 0 fully saturated rings. The molecular formula is C10H14N2O2. The summed E-state index contributed by atoms with van der Waals surface area (Å²) in [6.45, 7) is 0. The van der Waals surface area contributed by atoms with Gasteiger partial charge in [-0.25, -0.2) is 0 Å². The molecule has 0 aliphatic rings. The zero-order valence-corrected chi connectivity index (χ0v) is 8.01. The van der Waals surface area contributed by atoms with Gasteiger partial charge in [0.2, 0.25) is 5.91 Å². The third kappa shape index (κ3) is 2.31. The Kier molecular flexibility index (Phi) is 3.62. The third-order valence-corrected chi connectivity index (χ3v) is 2.04. The molecule has 0 aliphatic heterocycles. The minimum absolute atomic E-state index is 0.478. The Balaban J connectivity index is 2.87. The first kappa shape index (κ1) is 10.7. The van der Waals surface area contributed by atoms with Crippen LogP contribution in [0.2, 0.25) is 0 Å². The van der Waals surface area contributed by atoms with Gasteiger partial charge in [-0.05, 0) is 5.56 Å². The fraction of sp³-hybridized carbons (Fsp3) is 0.300. The van der Waals surface area contributed by atoms with Gasteiger partial charge in [0.15, 0.2) is 0 Å². The van der Waals surface area contributed by atoms with E-state index in [0.717, 1.165) is 5.56 Å². The minimum Gasteiger partial charge on any atom is -0.375 e. The lowest BCUT2D eigenvalue weighted by molar-refractivity contribution is -0.122. The van der Waals surface area contributed by atoms with Crippen LogP contribution < -0.4 is 11.5 Å². The van der Waals surface area contributed by atoms with Crippen LogP contribution in [-0.4, -0.2) is 19.1 Å². The van der Waals surface area contributed by atoms with Crippen molar-refractivity contribution in [2.45, 2.75) is 12.1 Å². The molecular weight excluding hydrogens is 180 g/mol. The van der Waals surface area contributed by atoms with Crippen LogP contribution in [0.5, 0.6) is 0 Å². The highest BCUT2D eigenvalue weighted by molar-refractivity contribution is 5.80. The molecule has 0 bridgehead atoms. The topological polar surface area (TPSA) is 78.3 Å². The highest BCUT2D eigenvalue weighted by atomic mass is 16.5. The van der Waals surface area contributed by atoms with Gasteiger partial charge >= 0.3 is 0 Å². The van der Waals surface area contributed by atoms with Crippen molar-refractivity contribution >= 4 is 5.91 Å². The first-order valence-electron chi connectivity index (χ1n) is 4.29. The summed E-state index contributed by atoms with van der Waals surface area (Å²) in [4.78, 5) is 10.9. The molecule has 0 aromatic heterocycles. The maximum absolute atomic E-state index is 10.9. The van der Waals surface area contributed by atoms with Crippen LogP contribution in [0, 0.1) is 0 Å². The van der Waals surface area contributed by atoms with Crippen LogP contribution in [0.3, 0.4) is 0 Å². The van der Waals surface area contributed by atoms with Crippen LogP contribution in [0.25, 0.3) is 0 Å². The summed E-state index contributed by atoms with van der Waals surface area (Å²) in [6.07, 6.45) is -0.478. The first-order valence-corrected chi connectivity index (χ1v) is 4.29. The van der Waals surface area contributed by atoms with E-state index >= 15 is 0 Å². The van der Waals surface area contributed by atoms with Crippen molar-refractivity contribution in [1.29, 1.82) is 0 Å². The van der Waals surface area contributed by atoms with Gasteiger partial charge in [-0.3, -0.25) is 4.79 Å². The van der Waals surface area contributed by atoms with E-state index in [1.54, 1.807) is 0 Å². The smallest absolute Gasteiger partial charge is 0.237 e. The number of ether oxygens (including phenoxy) is 1. The molecule has 1 rings (SSSR count). The van der Waals surface area contributed by atoms with Crippen molar-refractivity contribution in [2.75, 3.05) is 7.11 Å². The lowest BCUT2D eigenvalue weighted by Crippen LogP contribution is -2.42. The number of carbonyl (C=O) groups is 1. The summed E-state index contributed by atoms with van der Waals surface area (Å²) in [6, 6.07) is 8.46. The van der Waals surface area contributed by atoms with Crippen molar-refractivity contribution < 1.29 is 9.53 Å². The van der Waals surface area contributed by atoms with E-state index in [1.165, 1.54) is 7.11 Å². The number of methoxy groups -OCH3 is 1. The monoisotopic (exact) mass is 194 g/mol. The molecule has 4 heteroatoms. The Hall–Kier alpha value is -1.39. The van der Waals surface area contributed by atoms with Crippen molar-refractivity contribution in [3.63, 3.8) is 0 Å². The Labute approximate surface area is 82.8 Å². The quantitative estimate of drug-likeness (QED) is 0.718. The number of amides is 1. The maximum Gasteiger partial charge on any atom is 0.237 e. The molecule has 0 radical (unpaired) electrons. The first-order chi connectivity index (χ1) is 6.66. The van der Waals surface area contributed by atoms with E-state index in [1.807, 2.05) is 30.3 Å². The molecule has 0 saturated heterocycles. The third-order valence-electron chi connectivity index (χ3n) is 2.04. The molecule has 1 aromatic rings. The Morgan fingerprint density at radius 3 is 2.36 bits per heavy atom. The maximum atomic E-state index is 10.9. The number of hydrogen-bond donors (Lipinski definition) is 2. The number of hydrogen-bond acceptors (Lipinski definition) is 3. The number of rotatable bonds is 4. The van der Waals surface area contributed by atoms with Crippen molar-refractivity contribution in [1.82, 2.24) is 0 Å². The van der Waals surface area contributed by atoms with Gasteiger partial charge in [0.25, 0.3) is 0 Å². The van der Waals surface area contributed by atoms with Gasteiger partial charge in [-0.1, -0.05) is 30.3 Å². The molecule has 4 nitrogen and oxygen atoms in total. The predicted octanol–water partition coefficient (Wildman–Crippen LogP) is 0.187. The molecule has 0 spiro atoms. The molecule has 1 amide bonds. The molecule has 4 N–H and O–H groups in total. The molecule has 76 valence electrons. The largest absolute Gasteiger partial charge is 0.375 e. The van der Waals surface area contributed by atoms with E-state index in [-0.39, 0.29) is 0 Å².